The van der Waals surface area contributed by atoms with E-state index >= 15 is 0 Å². The molecule has 2 N–H and O–H groups in total. The van der Waals surface area contributed by atoms with Crippen molar-refractivity contribution in [3.05, 3.63) is 59.8 Å². The third-order valence-corrected chi connectivity index (χ3v) is 6.79. The van der Waals surface area contributed by atoms with Gasteiger partial charge < -0.3 is 14.4 Å². The summed E-state index contributed by atoms with van der Waals surface area (Å²) >= 11 is 0. The van der Waals surface area contributed by atoms with Gasteiger partial charge >= 0.3 is 5.97 Å². The Labute approximate surface area is 188 Å². The highest BCUT2D eigenvalue weighted by molar-refractivity contribution is 7.89. The van der Waals surface area contributed by atoms with Gasteiger partial charge in [0.15, 0.2) is 0 Å². The van der Waals surface area contributed by atoms with Crippen LogP contribution in [0, 0.1) is 18.8 Å². The molecular formula is C24H26N2O5S. The van der Waals surface area contributed by atoms with Crippen LogP contribution in [0.25, 0.3) is 10.9 Å². The molecule has 1 aromatic heterocycles. The molecule has 1 atom stereocenters. The van der Waals surface area contributed by atoms with Gasteiger partial charge in [0, 0.05) is 29.6 Å². The van der Waals surface area contributed by atoms with Gasteiger partial charge in [0.2, 0.25) is 10.0 Å². The maximum absolute atomic E-state index is 12.9. The summed E-state index contributed by atoms with van der Waals surface area (Å²) in [6.07, 6.45) is 0.0325. The van der Waals surface area contributed by atoms with Crippen LogP contribution in [-0.2, 0) is 27.8 Å². The smallest absolute Gasteiger partial charge is 0.322 e. The summed E-state index contributed by atoms with van der Waals surface area (Å²) in [5.74, 6) is 4.70. The van der Waals surface area contributed by atoms with E-state index < -0.39 is 22.0 Å². The van der Waals surface area contributed by atoms with Crippen molar-refractivity contribution in [3.8, 4) is 17.6 Å². The normalized spacial score (nSPS) is 12.2. The fraction of sp³-hybridized carbons (Fsp3) is 0.292. The molecule has 0 spiro atoms. The number of carboxylic acid groups (broad SMARTS) is 1. The second kappa shape index (κ2) is 9.90. The fourth-order valence-electron chi connectivity index (χ4n) is 3.71. The highest BCUT2D eigenvalue weighted by Gasteiger charge is 2.28. The molecule has 3 rings (SSSR count). The Bertz CT molecular complexity index is 1280. The average Bonchev–Trinajstić information content (AvgIpc) is 3.04. The zero-order valence-electron chi connectivity index (χ0n) is 18.3. The predicted molar refractivity (Wildman–Crippen MR) is 123 cm³/mol. The first-order chi connectivity index (χ1) is 15.3. The number of benzene rings is 2. The number of nitrogens with zero attached hydrogens (tertiary/aromatic N) is 1. The molecule has 7 nitrogen and oxygen atoms in total. The number of aryl methyl sites for hydroxylation is 1. The number of rotatable bonds is 9. The number of carbonyl (C=O) groups is 1. The van der Waals surface area contributed by atoms with Crippen LogP contribution in [0.4, 0.5) is 0 Å². The zero-order chi connectivity index (χ0) is 23.3. The molecule has 8 heteroatoms. The second-order valence-electron chi connectivity index (χ2n) is 7.23. The molecule has 0 radical (unpaired) electrons. The lowest BCUT2D eigenvalue weighted by molar-refractivity contribution is -0.138. The number of aromatic nitrogens is 1. The summed E-state index contributed by atoms with van der Waals surface area (Å²) in [6, 6.07) is 12.2. The van der Waals surface area contributed by atoms with Crippen LogP contribution in [0.2, 0.25) is 0 Å². The highest BCUT2D eigenvalue weighted by atomic mass is 32.2. The van der Waals surface area contributed by atoms with Crippen LogP contribution in [0.5, 0.6) is 5.75 Å². The molecule has 2 aromatic carbocycles. The van der Waals surface area contributed by atoms with Crippen molar-refractivity contribution >= 4 is 26.9 Å². The van der Waals surface area contributed by atoms with Gasteiger partial charge in [-0.15, -0.1) is 5.92 Å². The molecule has 0 amide bonds. The molecule has 32 heavy (non-hydrogen) atoms. The first kappa shape index (κ1) is 23.4. The number of hydrogen-bond donors (Lipinski definition) is 2. The van der Waals surface area contributed by atoms with Gasteiger partial charge in [0.25, 0.3) is 0 Å². The van der Waals surface area contributed by atoms with Crippen LogP contribution < -0.4 is 9.46 Å². The Balaban J connectivity index is 1.86. The summed E-state index contributed by atoms with van der Waals surface area (Å²) in [5.41, 5.74) is 2.74. The van der Waals surface area contributed by atoms with Crippen molar-refractivity contribution in [2.45, 2.75) is 44.7 Å². The van der Waals surface area contributed by atoms with Crippen molar-refractivity contribution in [2.75, 3.05) is 6.61 Å². The molecule has 0 fully saturated rings. The average molecular weight is 455 g/mol. The molecule has 0 aliphatic heterocycles. The second-order valence-corrected chi connectivity index (χ2v) is 8.94. The van der Waals surface area contributed by atoms with E-state index in [9.17, 15) is 18.3 Å². The lowest BCUT2D eigenvalue weighted by atomic mass is 10.0. The van der Waals surface area contributed by atoms with Crippen LogP contribution in [0.1, 0.15) is 25.1 Å². The molecule has 0 aliphatic rings. The number of hydrogen-bond acceptors (Lipinski definition) is 4. The summed E-state index contributed by atoms with van der Waals surface area (Å²) in [5, 5.41) is 10.7. The molecule has 1 unspecified atom stereocenters. The SMILES string of the molecule is CC#CCOc1ccc(S(=O)(=O)NC(Cc2c(C)n(CC)c3ccccc23)C(=O)O)cc1. The third kappa shape index (κ3) is 4.96. The lowest BCUT2D eigenvalue weighted by Gasteiger charge is -2.16. The predicted octanol–water partition coefficient (Wildman–Crippen LogP) is 3.35. The number of fused-ring (bicyclic) bond motifs is 1. The Morgan fingerprint density at radius 2 is 1.88 bits per heavy atom. The highest BCUT2D eigenvalue weighted by Crippen LogP contribution is 2.27. The number of carboxylic acids is 1. The van der Waals surface area contributed by atoms with Crippen LogP contribution in [0.3, 0.4) is 0 Å². The maximum atomic E-state index is 12.9. The van der Waals surface area contributed by atoms with Gasteiger partial charge in [-0.05, 0) is 56.7 Å². The van der Waals surface area contributed by atoms with Crippen molar-refractivity contribution in [1.29, 1.82) is 0 Å². The van der Waals surface area contributed by atoms with Crippen molar-refractivity contribution in [1.82, 2.24) is 9.29 Å². The van der Waals surface area contributed by atoms with Crippen LogP contribution >= 0.6 is 0 Å². The number of para-hydroxylation sites is 1. The van der Waals surface area contributed by atoms with Gasteiger partial charge in [-0.3, -0.25) is 4.79 Å². The van der Waals surface area contributed by atoms with Crippen molar-refractivity contribution < 1.29 is 23.1 Å². The molecular weight excluding hydrogens is 428 g/mol. The van der Waals surface area contributed by atoms with E-state index in [2.05, 4.69) is 21.1 Å². The lowest BCUT2D eigenvalue weighted by Crippen LogP contribution is -2.42. The Morgan fingerprint density at radius 1 is 1.19 bits per heavy atom. The van der Waals surface area contributed by atoms with Crippen LogP contribution in [0.15, 0.2) is 53.4 Å². The monoisotopic (exact) mass is 454 g/mol. The molecule has 168 valence electrons. The minimum atomic E-state index is -4.05. The Hall–Kier alpha value is -3.28. The summed E-state index contributed by atoms with van der Waals surface area (Å²) in [4.78, 5) is 11.9. The molecule has 0 bridgehead atoms. The quantitative estimate of drug-likeness (QED) is 0.483. The van der Waals surface area contributed by atoms with Gasteiger partial charge in [-0.1, -0.05) is 24.1 Å². The van der Waals surface area contributed by atoms with E-state index in [4.69, 9.17) is 4.74 Å². The number of ether oxygens (including phenoxy) is 1. The van der Waals surface area contributed by atoms with Gasteiger partial charge in [0.05, 0.1) is 4.90 Å². The minimum Gasteiger partial charge on any atom is -0.481 e. The van der Waals surface area contributed by atoms with Crippen molar-refractivity contribution in [2.24, 2.45) is 0 Å². The first-order valence-electron chi connectivity index (χ1n) is 10.2. The number of aliphatic carboxylic acids is 1. The molecule has 1 heterocycles. The summed E-state index contributed by atoms with van der Waals surface area (Å²) in [6.45, 7) is 6.57. The first-order valence-corrected chi connectivity index (χ1v) is 11.7. The van der Waals surface area contributed by atoms with Crippen molar-refractivity contribution in [3.63, 3.8) is 0 Å². The maximum Gasteiger partial charge on any atom is 0.322 e. The topological polar surface area (TPSA) is 97.6 Å². The number of sulfonamides is 1. The van der Waals surface area contributed by atoms with E-state index in [0.29, 0.717) is 5.75 Å². The number of nitrogens with one attached hydrogen (secondary N) is 1. The molecule has 0 saturated carbocycles. The van der Waals surface area contributed by atoms with E-state index in [1.165, 1.54) is 24.3 Å². The van der Waals surface area contributed by atoms with E-state index in [0.717, 1.165) is 28.7 Å². The van der Waals surface area contributed by atoms with Gasteiger partial charge in [-0.25, -0.2) is 8.42 Å². The summed E-state index contributed by atoms with van der Waals surface area (Å²) < 4.78 is 35.6. The zero-order valence-corrected chi connectivity index (χ0v) is 19.1. The Morgan fingerprint density at radius 3 is 2.50 bits per heavy atom. The molecule has 0 saturated heterocycles. The summed E-state index contributed by atoms with van der Waals surface area (Å²) in [7, 11) is -4.05. The van der Waals surface area contributed by atoms with E-state index in [1.54, 1.807) is 6.92 Å². The van der Waals surface area contributed by atoms with Gasteiger partial charge in [-0.2, -0.15) is 4.72 Å². The van der Waals surface area contributed by atoms with E-state index in [1.807, 2.05) is 38.1 Å². The standard InChI is InChI=1S/C24H26N2O5S/c1-4-6-15-31-18-11-13-19(14-12-18)32(29,30)25-22(24(27)28)16-21-17(3)26(5-2)23-10-8-7-9-20(21)23/h7-14,22,25H,5,15-16H2,1-3H3,(H,27,28). The molecule has 0 aliphatic carbocycles. The molecule has 3 aromatic rings. The minimum absolute atomic E-state index is 0.0325. The van der Waals surface area contributed by atoms with E-state index in [-0.39, 0.29) is 17.9 Å². The van der Waals surface area contributed by atoms with Gasteiger partial charge in [0.1, 0.15) is 18.4 Å². The Kier molecular flexibility index (Phi) is 7.23. The largest absolute Gasteiger partial charge is 0.481 e. The fourth-order valence-corrected chi connectivity index (χ4v) is 4.90. The van der Waals surface area contributed by atoms with Crippen LogP contribution in [-0.4, -0.2) is 36.7 Å². The third-order valence-electron chi connectivity index (χ3n) is 5.30.